The predicted molar refractivity (Wildman–Crippen MR) is 67.7 cm³/mol. The first-order valence-corrected chi connectivity index (χ1v) is 6.20. The first-order chi connectivity index (χ1) is 8.68. The molecule has 0 bridgehead atoms. The Hall–Kier alpha value is -2.05. The van der Waals surface area contributed by atoms with Gasteiger partial charge in [0.25, 0.3) is 5.91 Å². The summed E-state index contributed by atoms with van der Waals surface area (Å²) in [5.41, 5.74) is 0.697. The number of pyridine rings is 1. The molecule has 2 rings (SSSR count). The minimum Gasteiger partial charge on any atom is -0.321 e. The molecule has 0 spiro atoms. The third-order valence-corrected chi connectivity index (χ3v) is 2.98. The highest BCUT2D eigenvalue weighted by atomic mass is 32.2. The van der Waals surface area contributed by atoms with Crippen molar-refractivity contribution in [3.05, 3.63) is 54.4 Å². The van der Waals surface area contributed by atoms with Gasteiger partial charge in [-0.2, -0.15) is 0 Å². The number of carbonyl (C=O) groups excluding carboxylic acids is 1. The second-order valence-corrected chi connectivity index (χ2v) is 4.38. The molecule has 1 aromatic heterocycles. The van der Waals surface area contributed by atoms with Crippen LogP contribution in [-0.4, -0.2) is 19.7 Å². The molecule has 92 valence electrons. The molecule has 0 aliphatic carbocycles. The number of hydrogen-bond acceptors (Lipinski definition) is 3. The van der Waals surface area contributed by atoms with Crippen LogP contribution in [0.3, 0.4) is 0 Å². The van der Waals surface area contributed by atoms with Crippen molar-refractivity contribution in [3.63, 3.8) is 0 Å². The van der Waals surface area contributed by atoms with Crippen molar-refractivity contribution >= 4 is 22.7 Å². The van der Waals surface area contributed by atoms with E-state index >= 15 is 0 Å². The highest BCUT2D eigenvalue weighted by molar-refractivity contribution is 7.79. The van der Waals surface area contributed by atoms with Crippen molar-refractivity contribution in [1.29, 1.82) is 0 Å². The minimum absolute atomic E-state index is 0.162. The van der Waals surface area contributed by atoms with Crippen molar-refractivity contribution in [2.75, 3.05) is 5.32 Å². The van der Waals surface area contributed by atoms with Crippen LogP contribution >= 0.6 is 0 Å². The Bertz CT molecular complexity index is 587. The van der Waals surface area contributed by atoms with Gasteiger partial charge in [-0.05, 0) is 24.3 Å². The Kier molecular flexibility index (Phi) is 3.81. The first-order valence-electron chi connectivity index (χ1n) is 5.10. The zero-order valence-electron chi connectivity index (χ0n) is 9.24. The SMILES string of the molecule is O=C(Nc1ccccc1S(=O)O)c1cccnc1. The summed E-state index contributed by atoms with van der Waals surface area (Å²) in [7, 11) is 0. The number of para-hydroxylation sites is 1. The van der Waals surface area contributed by atoms with Gasteiger partial charge >= 0.3 is 0 Å². The van der Waals surface area contributed by atoms with E-state index in [0.29, 0.717) is 11.3 Å². The number of carbonyl (C=O) groups is 1. The minimum atomic E-state index is -2.14. The zero-order valence-corrected chi connectivity index (χ0v) is 10.1. The lowest BCUT2D eigenvalue weighted by Gasteiger charge is -2.07. The van der Waals surface area contributed by atoms with E-state index in [4.69, 9.17) is 4.55 Å². The second kappa shape index (κ2) is 5.52. The second-order valence-electron chi connectivity index (χ2n) is 3.44. The topological polar surface area (TPSA) is 79.3 Å². The van der Waals surface area contributed by atoms with Crippen LogP contribution in [0.25, 0.3) is 0 Å². The summed E-state index contributed by atoms with van der Waals surface area (Å²) in [6.45, 7) is 0. The van der Waals surface area contributed by atoms with E-state index in [9.17, 15) is 9.00 Å². The van der Waals surface area contributed by atoms with Gasteiger partial charge in [0, 0.05) is 12.4 Å². The average molecular weight is 262 g/mol. The maximum absolute atomic E-state index is 11.9. The summed E-state index contributed by atoms with van der Waals surface area (Å²) in [6, 6.07) is 9.61. The number of hydrogen-bond donors (Lipinski definition) is 2. The van der Waals surface area contributed by atoms with Crippen LogP contribution in [-0.2, 0) is 11.1 Å². The fourth-order valence-corrected chi connectivity index (χ4v) is 1.92. The van der Waals surface area contributed by atoms with E-state index in [1.54, 1.807) is 36.5 Å². The summed E-state index contributed by atoms with van der Waals surface area (Å²) < 4.78 is 20.2. The van der Waals surface area contributed by atoms with E-state index in [2.05, 4.69) is 10.3 Å². The molecule has 5 nitrogen and oxygen atoms in total. The number of aromatic nitrogens is 1. The lowest BCUT2D eigenvalue weighted by molar-refractivity contribution is 0.102. The largest absolute Gasteiger partial charge is 0.321 e. The molecule has 0 aliphatic rings. The first kappa shape index (κ1) is 12.4. The molecule has 1 atom stereocenters. The Labute approximate surface area is 106 Å². The monoisotopic (exact) mass is 262 g/mol. The maximum Gasteiger partial charge on any atom is 0.257 e. The molecule has 1 unspecified atom stereocenters. The van der Waals surface area contributed by atoms with Crippen molar-refractivity contribution < 1.29 is 13.6 Å². The molecule has 1 amide bonds. The van der Waals surface area contributed by atoms with Gasteiger partial charge < -0.3 is 9.87 Å². The number of nitrogens with one attached hydrogen (secondary N) is 1. The van der Waals surface area contributed by atoms with Crippen molar-refractivity contribution in [1.82, 2.24) is 4.98 Å². The normalized spacial score (nSPS) is 11.8. The zero-order chi connectivity index (χ0) is 13.0. The summed E-state index contributed by atoms with van der Waals surface area (Å²) in [4.78, 5) is 15.9. The molecule has 1 aromatic carbocycles. The molecule has 0 aliphatic heterocycles. The Balaban J connectivity index is 2.25. The van der Waals surface area contributed by atoms with Crippen molar-refractivity contribution in [2.24, 2.45) is 0 Å². The van der Waals surface area contributed by atoms with Crippen LogP contribution in [0.5, 0.6) is 0 Å². The maximum atomic E-state index is 11.9. The summed E-state index contributed by atoms with van der Waals surface area (Å²) in [6.07, 6.45) is 2.99. The molecule has 0 fully saturated rings. The summed E-state index contributed by atoms with van der Waals surface area (Å²) in [5.74, 6) is -0.374. The van der Waals surface area contributed by atoms with Crippen LogP contribution in [0.1, 0.15) is 10.4 Å². The number of nitrogens with zero attached hydrogens (tertiary/aromatic N) is 1. The number of amides is 1. The number of rotatable bonds is 3. The highest BCUT2D eigenvalue weighted by Gasteiger charge is 2.11. The van der Waals surface area contributed by atoms with Gasteiger partial charge in [-0.3, -0.25) is 9.78 Å². The summed E-state index contributed by atoms with van der Waals surface area (Å²) in [5, 5.41) is 2.58. The highest BCUT2D eigenvalue weighted by Crippen LogP contribution is 2.18. The van der Waals surface area contributed by atoms with Crippen LogP contribution < -0.4 is 5.32 Å². The van der Waals surface area contributed by atoms with Crippen molar-refractivity contribution in [2.45, 2.75) is 4.90 Å². The molecular formula is C12H10N2O3S. The lowest BCUT2D eigenvalue weighted by Crippen LogP contribution is -2.13. The smallest absolute Gasteiger partial charge is 0.257 e. The molecule has 0 saturated heterocycles. The molecule has 2 aromatic rings. The average Bonchev–Trinajstić information content (AvgIpc) is 2.40. The van der Waals surface area contributed by atoms with Gasteiger partial charge in [0.1, 0.15) is 0 Å². The van der Waals surface area contributed by atoms with Gasteiger partial charge in [0.2, 0.25) is 0 Å². The molecular weight excluding hydrogens is 252 g/mol. The van der Waals surface area contributed by atoms with E-state index in [1.807, 2.05) is 0 Å². The van der Waals surface area contributed by atoms with Crippen molar-refractivity contribution in [3.8, 4) is 0 Å². The lowest BCUT2D eigenvalue weighted by atomic mass is 10.2. The van der Waals surface area contributed by atoms with Crippen LogP contribution in [0, 0.1) is 0 Å². The van der Waals surface area contributed by atoms with Gasteiger partial charge in [0.05, 0.1) is 16.1 Å². The van der Waals surface area contributed by atoms with Gasteiger partial charge in [-0.25, -0.2) is 4.21 Å². The Morgan fingerprint density at radius 3 is 2.67 bits per heavy atom. The third-order valence-electron chi connectivity index (χ3n) is 2.25. The van der Waals surface area contributed by atoms with Gasteiger partial charge in [-0.1, -0.05) is 12.1 Å². The molecule has 6 heteroatoms. The predicted octanol–water partition coefficient (Wildman–Crippen LogP) is 1.91. The quantitative estimate of drug-likeness (QED) is 0.828. The summed E-state index contributed by atoms with van der Waals surface area (Å²) >= 11 is -2.14. The van der Waals surface area contributed by atoms with E-state index in [1.165, 1.54) is 12.3 Å². The molecule has 2 N–H and O–H groups in total. The Morgan fingerprint density at radius 1 is 1.22 bits per heavy atom. The fraction of sp³-hybridized carbons (Fsp3) is 0. The molecule has 1 heterocycles. The van der Waals surface area contributed by atoms with E-state index < -0.39 is 11.1 Å². The van der Waals surface area contributed by atoms with Crippen LogP contribution in [0.2, 0.25) is 0 Å². The Morgan fingerprint density at radius 2 is 2.00 bits per heavy atom. The van der Waals surface area contributed by atoms with E-state index in [-0.39, 0.29) is 10.8 Å². The third kappa shape index (κ3) is 2.79. The standard InChI is InChI=1S/C12H10N2O3S/c15-12(9-4-3-7-13-8-9)14-10-5-1-2-6-11(10)18(16)17/h1-8H,(H,14,15)(H,16,17). The van der Waals surface area contributed by atoms with Gasteiger partial charge in [-0.15, -0.1) is 0 Å². The fourth-order valence-electron chi connectivity index (χ4n) is 1.41. The van der Waals surface area contributed by atoms with Crippen LogP contribution in [0.4, 0.5) is 5.69 Å². The number of anilines is 1. The number of benzene rings is 1. The van der Waals surface area contributed by atoms with E-state index in [0.717, 1.165) is 0 Å². The van der Waals surface area contributed by atoms with Gasteiger partial charge in [0.15, 0.2) is 11.1 Å². The van der Waals surface area contributed by atoms with Crippen LogP contribution in [0.15, 0.2) is 53.7 Å². The molecule has 18 heavy (non-hydrogen) atoms. The molecule has 0 saturated carbocycles. The molecule has 0 radical (unpaired) electrons.